The molecule has 3 atom stereocenters. The molecule has 1 saturated carbocycles. The molecule has 170 valence electrons. The lowest BCUT2D eigenvalue weighted by Crippen LogP contribution is -2.59. The number of likely N-dealkylation sites (tertiary alicyclic amines) is 2. The molecule has 3 saturated heterocycles. The van der Waals surface area contributed by atoms with Gasteiger partial charge in [-0.05, 0) is 62.5 Å². The Hall–Kier alpha value is -1.59. The van der Waals surface area contributed by atoms with Crippen molar-refractivity contribution in [3.05, 3.63) is 30.3 Å². The zero-order chi connectivity index (χ0) is 21.8. The van der Waals surface area contributed by atoms with E-state index >= 15 is 0 Å². The summed E-state index contributed by atoms with van der Waals surface area (Å²) in [5.41, 5.74) is 1.03. The average molecular weight is 426 g/mol. The molecule has 1 aromatic rings. The molecule has 3 unspecified atom stereocenters. The number of aliphatic hydroxyl groups is 1. The Bertz CT molecular complexity index is 781. The Morgan fingerprint density at radius 1 is 1.03 bits per heavy atom. The monoisotopic (exact) mass is 425 g/mol. The third-order valence-electron chi connectivity index (χ3n) is 9.26. The first-order valence-electron chi connectivity index (χ1n) is 12.4. The van der Waals surface area contributed by atoms with Gasteiger partial charge in [-0.25, -0.2) is 0 Å². The van der Waals surface area contributed by atoms with Gasteiger partial charge < -0.3 is 19.8 Å². The summed E-state index contributed by atoms with van der Waals surface area (Å²) in [7, 11) is 1.77. The van der Waals surface area contributed by atoms with Crippen molar-refractivity contribution in [2.75, 3.05) is 31.6 Å². The van der Waals surface area contributed by atoms with Crippen molar-refractivity contribution in [2.45, 2.75) is 70.2 Å². The number of para-hydroxylation sites is 1. The number of benzene rings is 1. The molecule has 3 heterocycles. The molecule has 5 rings (SSSR count). The van der Waals surface area contributed by atoms with Crippen LogP contribution in [-0.2, 0) is 4.79 Å². The van der Waals surface area contributed by atoms with Crippen LogP contribution in [0.1, 0.15) is 52.4 Å². The normalized spacial score (nSPS) is 35.9. The number of hydrogen-bond donors (Lipinski definition) is 1. The summed E-state index contributed by atoms with van der Waals surface area (Å²) in [5, 5.41) is 10.8. The molecule has 1 N–H and O–H groups in total. The molecule has 5 heteroatoms. The van der Waals surface area contributed by atoms with Crippen molar-refractivity contribution in [1.29, 1.82) is 0 Å². The molecule has 1 spiro atoms. The maximum absolute atomic E-state index is 13.3. The van der Waals surface area contributed by atoms with Crippen LogP contribution in [0.25, 0.3) is 0 Å². The summed E-state index contributed by atoms with van der Waals surface area (Å²) in [6.45, 7) is 7.64. The van der Waals surface area contributed by atoms with Crippen LogP contribution >= 0.6 is 0 Å². The fourth-order valence-corrected chi connectivity index (χ4v) is 7.34. The van der Waals surface area contributed by atoms with Crippen LogP contribution in [0.3, 0.4) is 0 Å². The van der Waals surface area contributed by atoms with Crippen LogP contribution in [0, 0.1) is 23.7 Å². The number of amides is 1. The smallest absolute Gasteiger partial charge is 0.230 e. The Labute approximate surface area is 187 Å². The second-order valence-corrected chi connectivity index (χ2v) is 10.9. The van der Waals surface area contributed by atoms with Gasteiger partial charge in [0.05, 0.1) is 11.5 Å². The van der Waals surface area contributed by atoms with Crippen LogP contribution in [0.2, 0.25) is 0 Å². The lowest BCUT2D eigenvalue weighted by Gasteiger charge is -2.50. The number of piperidine rings is 1. The molecule has 31 heavy (non-hydrogen) atoms. The van der Waals surface area contributed by atoms with Crippen molar-refractivity contribution in [3.63, 3.8) is 0 Å². The van der Waals surface area contributed by atoms with E-state index in [0.717, 1.165) is 44.3 Å². The molecular formula is C26H39N3O2. The van der Waals surface area contributed by atoms with E-state index in [1.54, 1.807) is 11.9 Å². The van der Waals surface area contributed by atoms with Gasteiger partial charge in [0.1, 0.15) is 6.23 Å². The first-order chi connectivity index (χ1) is 14.9. The molecule has 4 aliphatic rings. The van der Waals surface area contributed by atoms with Gasteiger partial charge in [-0.1, -0.05) is 32.0 Å². The zero-order valence-corrected chi connectivity index (χ0v) is 19.4. The molecule has 1 amide bonds. The minimum Gasteiger partial charge on any atom is -0.373 e. The van der Waals surface area contributed by atoms with E-state index in [2.05, 4.69) is 54.0 Å². The molecular weight excluding hydrogens is 386 g/mol. The van der Waals surface area contributed by atoms with Gasteiger partial charge in [-0.2, -0.15) is 0 Å². The first-order valence-corrected chi connectivity index (χ1v) is 12.4. The van der Waals surface area contributed by atoms with Crippen molar-refractivity contribution < 1.29 is 9.90 Å². The van der Waals surface area contributed by atoms with Crippen molar-refractivity contribution >= 4 is 11.6 Å². The number of rotatable bonds is 3. The standard InChI is InChI=1S/C26H39N3O2/c1-18(2)19-9-11-20(12-10-19)28-15-13-26(14-16-28)23-22(24(30)27(3)25(23)31)17-29(26)21-7-5-4-6-8-21/h4-8,18-20,22-24,30H,9-17H2,1-3H3. The molecule has 3 aliphatic heterocycles. The second-order valence-electron chi connectivity index (χ2n) is 10.9. The Kier molecular flexibility index (Phi) is 5.54. The van der Waals surface area contributed by atoms with Gasteiger partial charge in [-0.15, -0.1) is 0 Å². The Morgan fingerprint density at radius 3 is 2.29 bits per heavy atom. The molecule has 0 bridgehead atoms. The van der Waals surface area contributed by atoms with Crippen LogP contribution in [0.5, 0.6) is 0 Å². The number of hydrogen-bond acceptors (Lipinski definition) is 4. The summed E-state index contributed by atoms with van der Waals surface area (Å²) >= 11 is 0. The molecule has 0 aromatic heterocycles. The SMILES string of the molecule is CC(C)C1CCC(N2CCC3(CC2)C2C(=O)N(C)C(O)C2CN3c2ccccc2)CC1. The van der Waals surface area contributed by atoms with E-state index in [-0.39, 0.29) is 23.3 Å². The van der Waals surface area contributed by atoms with Crippen LogP contribution < -0.4 is 4.90 Å². The topological polar surface area (TPSA) is 47.0 Å². The molecule has 4 fully saturated rings. The maximum atomic E-state index is 13.3. The average Bonchev–Trinajstić information content (AvgIpc) is 3.23. The van der Waals surface area contributed by atoms with Gasteiger partial charge in [0.15, 0.2) is 0 Å². The van der Waals surface area contributed by atoms with E-state index in [9.17, 15) is 9.90 Å². The number of fused-ring (bicyclic) bond motifs is 2. The minimum atomic E-state index is -0.660. The van der Waals surface area contributed by atoms with Crippen molar-refractivity contribution in [2.24, 2.45) is 23.7 Å². The highest BCUT2D eigenvalue weighted by Crippen LogP contribution is 2.53. The highest BCUT2D eigenvalue weighted by Gasteiger charge is 2.64. The van der Waals surface area contributed by atoms with E-state index in [4.69, 9.17) is 0 Å². The summed E-state index contributed by atoms with van der Waals surface area (Å²) in [6, 6.07) is 11.3. The fraction of sp³-hybridized carbons (Fsp3) is 0.731. The summed E-state index contributed by atoms with van der Waals surface area (Å²) < 4.78 is 0. The predicted octanol–water partition coefficient (Wildman–Crippen LogP) is 3.58. The summed E-state index contributed by atoms with van der Waals surface area (Å²) in [4.78, 5) is 20.1. The van der Waals surface area contributed by atoms with Crippen molar-refractivity contribution in [1.82, 2.24) is 9.80 Å². The van der Waals surface area contributed by atoms with Gasteiger partial charge in [-0.3, -0.25) is 4.79 Å². The van der Waals surface area contributed by atoms with Crippen molar-refractivity contribution in [3.8, 4) is 0 Å². The van der Waals surface area contributed by atoms with Crippen LogP contribution in [0.15, 0.2) is 30.3 Å². The zero-order valence-electron chi connectivity index (χ0n) is 19.4. The van der Waals surface area contributed by atoms with E-state index in [1.165, 1.54) is 31.4 Å². The Balaban J connectivity index is 1.36. The number of carbonyl (C=O) groups is 1. The second kappa shape index (κ2) is 8.08. The van der Waals surface area contributed by atoms with Gasteiger partial charge >= 0.3 is 0 Å². The van der Waals surface area contributed by atoms with Gasteiger partial charge in [0.25, 0.3) is 0 Å². The van der Waals surface area contributed by atoms with Gasteiger partial charge in [0, 0.05) is 44.3 Å². The largest absolute Gasteiger partial charge is 0.373 e. The third kappa shape index (κ3) is 3.39. The van der Waals surface area contributed by atoms with Crippen LogP contribution in [0.4, 0.5) is 5.69 Å². The molecule has 0 radical (unpaired) electrons. The number of aliphatic hydroxyl groups excluding tert-OH is 1. The summed E-state index contributed by atoms with van der Waals surface area (Å²) in [5.74, 6) is 1.75. The minimum absolute atomic E-state index is 0.00531. The third-order valence-corrected chi connectivity index (χ3v) is 9.26. The highest BCUT2D eigenvalue weighted by atomic mass is 16.3. The van der Waals surface area contributed by atoms with Gasteiger partial charge in [0.2, 0.25) is 5.91 Å². The number of nitrogens with zero attached hydrogens (tertiary/aromatic N) is 3. The fourth-order valence-electron chi connectivity index (χ4n) is 7.34. The highest BCUT2D eigenvalue weighted by molar-refractivity contribution is 5.85. The quantitative estimate of drug-likeness (QED) is 0.804. The maximum Gasteiger partial charge on any atom is 0.230 e. The van der Waals surface area contributed by atoms with E-state index < -0.39 is 6.23 Å². The van der Waals surface area contributed by atoms with Crippen LogP contribution in [-0.4, -0.2) is 65.3 Å². The molecule has 5 nitrogen and oxygen atoms in total. The first kappa shape index (κ1) is 21.3. The molecule has 1 aliphatic carbocycles. The lowest BCUT2D eigenvalue weighted by atomic mass is 9.73. The Morgan fingerprint density at radius 2 is 1.68 bits per heavy atom. The lowest BCUT2D eigenvalue weighted by molar-refractivity contribution is -0.135. The summed E-state index contributed by atoms with van der Waals surface area (Å²) in [6.07, 6.45) is 6.74. The van der Waals surface area contributed by atoms with E-state index in [1.807, 2.05) is 0 Å². The number of anilines is 1. The predicted molar refractivity (Wildman–Crippen MR) is 124 cm³/mol. The molecule has 1 aromatic carbocycles. The van der Waals surface area contributed by atoms with E-state index in [0.29, 0.717) is 6.04 Å². The number of carbonyl (C=O) groups excluding carboxylic acids is 1.